The lowest BCUT2D eigenvalue weighted by Crippen LogP contribution is -2.09. The highest BCUT2D eigenvalue weighted by atomic mass is 79.9. The van der Waals surface area contributed by atoms with E-state index in [0.29, 0.717) is 0 Å². The highest BCUT2D eigenvalue weighted by Crippen LogP contribution is 2.74. The Kier molecular flexibility index (Phi) is 2.31. The Labute approximate surface area is 90.5 Å². The highest BCUT2D eigenvalue weighted by Gasteiger charge is 2.79. The number of hydrogen-bond donors (Lipinski definition) is 1. The normalized spacial score (nSPS) is 43.9. The quantitative estimate of drug-likeness (QED) is 0.582. The van der Waals surface area contributed by atoms with Gasteiger partial charge in [-0.3, -0.25) is 0 Å². The van der Waals surface area contributed by atoms with E-state index in [2.05, 4.69) is 37.9 Å². The summed E-state index contributed by atoms with van der Waals surface area (Å²) in [7, 11) is 0. The van der Waals surface area contributed by atoms with Gasteiger partial charge < -0.3 is 5.11 Å². The van der Waals surface area contributed by atoms with Gasteiger partial charge in [-0.05, 0) is 13.8 Å². The zero-order valence-corrected chi connectivity index (χ0v) is 11.0. The Morgan fingerprint density at radius 1 is 1.25 bits per heavy atom. The minimum atomic E-state index is -0.815. The average Bonchev–Trinajstić information content (AvgIpc) is 2.08. The smallest absolute Gasteiger partial charge is 0.145 e. The van der Waals surface area contributed by atoms with Crippen molar-refractivity contribution in [1.29, 1.82) is 0 Å². The molecule has 0 aromatic rings. The molecule has 1 aliphatic carbocycles. The van der Waals surface area contributed by atoms with E-state index in [4.69, 9.17) is 0 Å². The lowest BCUT2D eigenvalue weighted by Gasteiger charge is -2.05. The highest BCUT2D eigenvalue weighted by molar-refractivity contribution is 9.13. The second-order valence-corrected chi connectivity index (χ2v) is 6.58. The summed E-state index contributed by atoms with van der Waals surface area (Å²) in [5.74, 6) is 0. The molecule has 1 aliphatic rings. The summed E-state index contributed by atoms with van der Waals surface area (Å²) < 4.78 is -1.13. The Bertz CT molecular complexity index is 223. The second kappa shape index (κ2) is 2.58. The molecule has 1 rings (SSSR count). The van der Waals surface area contributed by atoms with E-state index in [0.717, 1.165) is 0 Å². The maximum Gasteiger partial charge on any atom is 0.145 e. The molecule has 0 aliphatic heterocycles. The van der Waals surface area contributed by atoms with Crippen LogP contribution in [0.3, 0.4) is 0 Å². The first-order chi connectivity index (χ1) is 5.17. The van der Waals surface area contributed by atoms with Gasteiger partial charge in [-0.2, -0.15) is 0 Å². The Morgan fingerprint density at radius 3 is 1.67 bits per heavy atom. The number of hydrogen-bond acceptors (Lipinski definition) is 1. The lowest BCUT2D eigenvalue weighted by atomic mass is 10.1. The molecule has 0 aromatic heterocycles. The number of allylic oxidation sites excluding steroid dienone is 1. The molecule has 1 saturated carbocycles. The van der Waals surface area contributed by atoms with Crippen molar-refractivity contribution in [2.75, 3.05) is 0 Å². The van der Waals surface area contributed by atoms with Crippen molar-refractivity contribution in [3.05, 3.63) is 11.6 Å². The van der Waals surface area contributed by atoms with Crippen molar-refractivity contribution < 1.29 is 5.11 Å². The Hall–Kier alpha value is 0.660. The van der Waals surface area contributed by atoms with Crippen molar-refractivity contribution in [1.82, 2.24) is 0 Å². The van der Waals surface area contributed by atoms with Crippen LogP contribution in [-0.4, -0.2) is 13.9 Å². The first-order valence-electron chi connectivity index (χ1n) is 3.93. The van der Waals surface area contributed by atoms with E-state index in [1.54, 1.807) is 0 Å². The van der Waals surface area contributed by atoms with E-state index in [1.807, 2.05) is 27.7 Å². The number of alkyl halides is 2. The molecule has 1 nitrogen and oxygen atoms in total. The minimum absolute atomic E-state index is 0.155. The van der Waals surface area contributed by atoms with Crippen LogP contribution < -0.4 is 0 Å². The third kappa shape index (κ3) is 1.06. The summed E-state index contributed by atoms with van der Waals surface area (Å²) in [6.07, 6.45) is 2.06. The third-order valence-electron chi connectivity index (χ3n) is 2.65. The molecule has 1 fully saturated rings. The summed E-state index contributed by atoms with van der Waals surface area (Å²) >= 11 is 6.88. The summed E-state index contributed by atoms with van der Waals surface area (Å²) in [5.41, 5.74) is 1.05. The first-order valence-corrected chi connectivity index (χ1v) is 5.51. The van der Waals surface area contributed by atoms with Crippen LogP contribution in [0.15, 0.2) is 11.6 Å². The lowest BCUT2D eigenvalue weighted by molar-refractivity contribution is 0.207. The van der Waals surface area contributed by atoms with Crippen LogP contribution in [0.2, 0.25) is 0 Å². The van der Waals surface area contributed by atoms with Gasteiger partial charge in [0, 0.05) is 5.41 Å². The van der Waals surface area contributed by atoms with Gasteiger partial charge in [-0.1, -0.05) is 57.4 Å². The molecule has 0 unspecified atom stereocenters. The van der Waals surface area contributed by atoms with Crippen molar-refractivity contribution in [3.63, 3.8) is 0 Å². The SMILES string of the molecule is CC(C)=C[C@@]1(Br)C(C)(C)[C@]1(O)Br. The van der Waals surface area contributed by atoms with E-state index in [1.165, 1.54) is 5.57 Å². The molecular formula is C9H14Br2O. The number of aliphatic hydroxyl groups is 1. The largest absolute Gasteiger partial charge is 0.376 e. The zero-order valence-electron chi connectivity index (χ0n) is 7.78. The van der Waals surface area contributed by atoms with E-state index >= 15 is 0 Å². The minimum Gasteiger partial charge on any atom is -0.376 e. The van der Waals surface area contributed by atoms with Gasteiger partial charge in [0.15, 0.2) is 0 Å². The molecule has 70 valence electrons. The first kappa shape index (κ1) is 10.7. The van der Waals surface area contributed by atoms with E-state index < -0.39 is 4.51 Å². The van der Waals surface area contributed by atoms with E-state index in [-0.39, 0.29) is 9.74 Å². The van der Waals surface area contributed by atoms with Crippen molar-refractivity contribution in [3.8, 4) is 0 Å². The molecule has 0 saturated heterocycles. The summed E-state index contributed by atoms with van der Waals surface area (Å²) in [5, 5.41) is 9.95. The molecule has 0 amide bonds. The van der Waals surface area contributed by atoms with Crippen LogP contribution in [-0.2, 0) is 0 Å². The van der Waals surface area contributed by atoms with Crippen LogP contribution >= 0.6 is 31.9 Å². The van der Waals surface area contributed by atoms with Gasteiger partial charge in [-0.15, -0.1) is 0 Å². The number of halogens is 2. The van der Waals surface area contributed by atoms with Gasteiger partial charge in [0.05, 0.1) is 4.32 Å². The predicted molar refractivity (Wildman–Crippen MR) is 58.7 cm³/mol. The average molecular weight is 298 g/mol. The van der Waals surface area contributed by atoms with Crippen LogP contribution in [0.4, 0.5) is 0 Å². The molecule has 12 heavy (non-hydrogen) atoms. The topological polar surface area (TPSA) is 20.2 Å². The molecular weight excluding hydrogens is 284 g/mol. The fourth-order valence-corrected chi connectivity index (χ4v) is 3.68. The van der Waals surface area contributed by atoms with Gasteiger partial charge in [0.1, 0.15) is 4.51 Å². The molecule has 0 spiro atoms. The van der Waals surface area contributed by atoms with Crippen LogP contribution in [0.5, 0.6) is 0 Å². The van der Waals surface area contributed by atoms with Crippen LogP contribution in [0, 0.1) is 5.41 Å². The molecule has 3 heteroatoms. The van der Waals surface area contributed by atoms with Gasteiger partial charge in [0.25, 0.3) is 0 Å². The van der Waals surface area contributed by atoms with Crippen molar-refractivity contribution >= 4 is 31.9 Å². The third-order valence-corrected chi connectivity index (χ3v) is 6.59. The van der Waals surface area contributed by atoms with E-state index in [9.17, 15) is 5.11 Å². The summed E-state index contributed by atoms with van der Waals surface area (Å²) in [4.78, 5) is 0. The molecule has 2 atom stereocenters. The molecule has 0 radical (unpaired) electrons. The molecule has 0 aromatic carbocycles. The fourth-order valence-electron chi connectivity index (χ4n) is 1.45. The fraction of sp³-hybridized carbons (Fsp3) is 0.778. The predicted octanol–water partition coefficient (Wildman–Crippen LogP) is 3.21. The Morgan fingerprint density at radius 2 is 1.58 bits per heavy atom. The second-order valence-electron chi connectivity index (χ2n) is 4.18. The van der Waals surface area contributed by atoms with Crippen molar-refractivity contribution in [2.24, 2.45) is 5.41 Å². The van der Waals surface area contributed by atoms with Gasteiger partial charge in [-0.25, -0.2) is 0 Å². The van der Waals surface area contributed by atoms with Gasteiger partial charge >= 0.3 is 0 Å². The molecule has 1 N–H and O–H groups in total. The monoisotopic (exact) mass is 296 g/mol. The molecule has 0 bridgehead atoms. The van der Waals surface area contributed by atoms with Crippen LogP contribution in [0.1, 0.15) is 27.7 Å². The molecule has 0 heterocycles. The van der Waals surface area contributed by atoms with Gasteiger partial charge in [0.2, 0.25) is 0 Å². The summed E-state index contributed by atoms with van der Waals surface area (Å²) in [6, 6.07) is 0. The zero-order chi connectivity index (χ0) is 9.78. The maximum atomic E-state index is 9.95. The maximum absolute atomic E-state index is 9.95. The number of rotatable bonds is 1. The Balaban J connectivity index is 3.01. The van der Waals surface area contributed by atoms with Crippen LogP contribution in [0.25, 0.3) is 0 Å². The summed E-state index contributed by atoms with van der Waals surface area (Å²) in [6.45, 7) is 8.10. The van der Waals surface area contributed by atoms with Crippen molar-refractivity contribution in [2.45, 2.75) is 36.5 Å². The standard InChI is InChI=1S/C9H14Br2O/c1-6(2)5-8(10)7(3,4)9(8,11)12/h5,12H,1-4H3/t8-,9-/m1/s1.